The highest BCUT2D eigenvalue weighted by Gasteiger charge is 2.21. The molecule has 0 saturated carbocycles. The van der Waals surface area contributed by atoms with E-state index in [0.717, 1.165) is 43.7 Å². The standard InChI is InChI=1S/C27H33N3O2/c1-27(2,3)22-9-11-23(12-10-22)30-15-13-20(14-16-30)17-25-28-18-24(26(31)29-25)32-19-21-7-5-4-6-8-21/h4-12,18,20H,13-17,19H2,1-3H3,(H,28,29,31). The van der Waals surface area contributed by atoms with Gasteiger partial charge in [0.15, 0.2) is 0 Å². The molecule has 0 radical (unpaired) electrons. The van der Waals surface area contributed by atoms with Crippen molar-refractivity contribution in [3.8, 4) is 5.75 Å². The van der Waals surface area contributed by atoms with Gasteiger partial charge in [-0.2, -0.15) is 0 Å². The molecule has 168 valence electrons. The van der Waals surface area contributed by atoms with Crippen LogP contribution in [-0.4, -0.2) is 23.1 Å². The van der Waals surface area contributed by atoms with Crippen molar-refractivity contribution in [3.63, 3.8) is 0 Å². The van der Waals surface area contributed by atoms with Gasteiger partial charge in [0.2, 0.25) is 5.75 Å². The van der Waals surface area contributed by atoms with Gasteiger partial charge in [-0.1, -0.05) is 63.2 Å². The molecule has 1 saturated heterocycles. The van der Waals surface area contributed by atoms with E-state index >= 15 is 0 Å². The van der Waals surface area contributed by atoms with Gasteiger partial charge in [-0.15, -0.1) is 0 Å². The summed E-state index contributed by atoms with van der Waals surface area (Å²) in [5.41, 5.74) is 3.65. The monoisotopic (exact) mass is 431 g/mol. The first-order valence-electron chi connectivity index (χ1n) is 11.5. The summed E-state index contributed by atoms with van der Waals surface area (Å²) < 4.78 is 5.65. The number of ether oxygens (including phenoxy) is 1. The van der Waals surface area contributed by atoms with E-state index in [2.05, 4.69) is 59.9 Å². The van der Waals surface area contributed by atoms with Gasteiger partial charge in [0.25, 0.3) is 5.56 Å². The Morgan fingerprint density at radius 1 is 1.03 bits per heavy atom. The lowest BCUT2D eigenvalue weighted by Gasteiger charge is -2.34. The average Bonchev–Trinajstić information content (AvgIpc) is 2.79. The second kappa shape index (κ2) is 9.60. The van der Waals surface area contributed by atoms with Crippen LogP contribution in [0.5, 0.6) is 5.75 Å². The molecule has 5 heteroatoms. The molecule has 0 amide bonds. The maximum atomic E-state index is 12.4. The lowest BCUT2D eigenvalue weighted by Crippen LogP contribution is -2.34. The molecule has 0 bridgehead atoms. The predicted octanol–water partition coefficient (Wildman–Crippen LogP) is 5.11. The van der Waals surface area contributed by atoms with Crippen LogP contribution in [0, 0.1) is 5.92 Å². The molecule has 5 nitrogen and oxygen atoms in total. The SMILES string of the molecule is CC(C)(C)c1ccc(N2CCC(Cc3ncc(OCc4ccccc4)c(=O)[nH]3)CC2)cc1. The molecule has 4 rings (SSSR count). The molecule has 1 aliphatic heterocycles. The first-order chi connectivity index (χ1) is 15.4. The van der Waals surface area contributed by atoms with Gasteiger partial charge < -0.3 is 14.6 Å². The average molecular weight is 432 g/mol. The number of rotatable bonds is 6. The van der Waals surface area contributed by atoms with E-state index in [1.54, 1.807) is 6.20 Å². The lowest BCUT2D eigenvalue weighted by atomic mass is 9.87. The summed E-state index contributed by atoms with van der Waals surface area (Å²) in [7, 11) is 0. The van der Waals surface area contributed by atoms with Crippen LogP contribution in [0.4, 0.5) is 5.69 Å². The smallest absolute Gasteiger partial charge is 0.293 e. The number of piperidine rings is 1. The first kappa shape index (κ1) is 22.1. The van der Waals surface area contributed by atoms with Crippen LogP contribution < -0.4 is 15.2 Å². The number of hydrogen-bond acceptors (Lipinski definition) is 4. The van der Waals surface area contributed by atoms with Crippen LogP contribution in [0.3, 0.4) is 0 Å². The van der Waals surface area contributed by atoms with Gasteiger partial charge >= 0.3 is 0 Å². The summed E-state index contributed by atoms with van der Waals surface area (Å²) in [5.74, 6) is 1.54. The summed E-state index contributed by atoms with van der Waals surface area (Å²) in [5, 5.41) is 0. The first-order valence-corrected chi connectivity index (χ1v) is 11.5. The molecule has 2 heterocycles. The van der Waals surface area contributed by atoms with E-state index in [1.165, 1.54) is 11.3 Å². The van der Waals surface area contributed by atoms with Gasteiger partial charge in [-0.3, -0.25) is 4.79 Å². The number of benzene rings is 2. The Bertz CT molecular complexity index is 1060. The van der Waals surface area contributed by atoms with Crippen LogP contribution in [0.15, 0.2) is 65.6 Å². The van der Waals surface area contributed by atoms with Crippen molar-refractivity contribution in [2.24, 2.45) is 5.92 Å². The van der Waals surface area contributed by atoms with Crippen molar-refractivity contribution in [1.29, 1.82) is 0 Å². The Hall–Kier alpha value is -3.08. The predicted molar refractivity (Wildman–Crippen MR) is 129 cm³/mol. The lowest BCUT2D eigenvalue weighted by molar-refractivity contribution is 0.299. The van der Waals surface area contributed by atoms with Crippen molar-refractivity contribution in [3.05, 3.63) is 88.1 Å². The third-order valence-electron chi connectivity index (χ3n) is 6.25. The number of aromatic amines is 1. The molecular weight excluding hydrogens is 398 g/mol. The molecule has 1 aromatic heterocycles. The second-order valence-corrected chi connectivity index (χ2v) is 9.73. The largest absolute Gasteiger partial charge is 0.482 e. The summed E-state index contributed by atoms with van der Waals surface area (Å²) in [4.78, 5) is 22.2. The Morgan fingerprint density at radius 2 is 1.72 bits per heavy atom. The molecule has 32 heavy (non-hydrogen) atoms. The van der Waals surface area contributed by atoms with Crippen molar-refractivity contribution in [2.45, 2.75) is 52.1 Å². The molecular formula is C27H33N3O2. The van der Waals surface area contributed by atoms with Crippen molar-refractivity contribution < 1.29 is 4.74 Å². The third kappa shape index (κ3) is 5.58. The van der Waals surface area contributed by atoms with Crippen LogP contribution in [0.25, 0.3) is 0 Å². The molecule has 1 fully saturated rings. The topological polar surface area (TPSA) is 58.2 Å². The minimum absolute atomic E-state index is 0.178. The van der Waals surface area contributed by atoms with E-state index in [0.29, 0.717) is 12.5 Å². The number of H-pyrrole nitrogens is 1. The van der Waals surface area contributed by atoms with E-state index < -0.39 is 0 Å². The number of nitrogens with zero attached hydrogens (tertiary/aromatic N) is 2. The molecule has 2 aromatic carbocycles. The van der Waals surface area contributed by atoms with Crippen LogP contribution in [0.1, 0.15) is 50.6 Å². The number of aromatic nitrogens is 2. The van der Waals surface area contributed by atoms with Gasteiger partial charge in [-0.05, 0) is 47.4 Å². The number of nitrogens with one attached hydrogen (secondary N) is 1. The highest BCUT2D eigenvalue weighted by atomic mass is 16.5. The van der Waals surface area contributed by atoms with Crippen LogP contribution in [0.2, 0.25) is 0 Å². The molecule has 0 unspecified atom stereocenters. The van der Waals surface area contributed by atoms with E-state index in [-0.39, 0.29) is 16.7 Å². The molecule has 3 aromatic rings. The third-order valence-corrected chi connectivity index (χ3v) is 6.25. The highest BCUT2D eigenvalue weighted by Crippen LogP contribution is 2.28. The van der Waals surface area contributed by atoms with Crippen LogP contribution in [-0.2, 0) is 18.4 Å². The number of anilines is 1. The fourth-order valence-electron chi connectivity index (χ4n) is 4.20. The quantitative estimate of drug-likeness (QED) is 0.590. The Balaban J connectivity index is 1.29. The van der Waals surface area contributed by atoms with E-state index in [9.17, 15) is 4.79 Å². The summed E-state index contributed by atoms with van der Waals surface area (Å²) in [6.45, 7) is 9.15. The van der Waals surface area contributed by atoms with Crippen molar-refractivity contribution >= 4 is 5.69 Å². The zero-order valence-corrected chi connectivity index (χ0v) is 19.3. The number of hydrogen-bond donors (Lipinski definition) is 1. The molecule has 1 N–H and O–H groups in total. The van der Waals surface area contributed by atoms with Crippen molar-refractivity contribution in [1.82, 2.24) is 9.97 Å². The van der Waals surface area contributed by atoms with E-state index in [4.69, 9.17) is 4.74 Å². The minimum Gasteiger partial charge on any atom is -0.482 e. The maximum absolute atomic E-state index is 12.4. The molecule has 0 atom stereocenters. The highest BCUT2D eigenvalue weighted by molar-refractivity contribution is 5.48. The van der Waals surface area contributed by atoms with E-state index in [1.807, 2.05) is 30.3 Å². The fraction of sp³-hybridized carbons (Fsp3) is 0.407. The van der Waals surface area contributed by atoms with Gasteiger partial charge in [0.05, 0.1) is 6.20 Å². The van der Waals surface area contributed by atoms with Crippen molar-refractivity contribution in [2.75, 3.05) is 18.0 Å². The zero-order valence-electron chi connectivity index (χ0n) is 19.3. The Labute approximate surface area is 190 Å². The molecule has 0 aliphatic carbocycles. The fourth-order valence-corrected chi connectivity index (χ4v) is 4.20. The summed E-state index contributed by atoms with van der Waals surface area (Å²) in [6.07, 6.45) is 4.54. The van der Waals surface area contributed by atoms with Crippen LogP contribution >= 0.6 is 0 Å². The summed E-state index contributed by atoms with van der Waals surface area (Å²) >= 11 is 0. The zero-order chi connectivity index (χ0) is 22.6. The minimum atomic E-state index is -0.206. The summed E-state index contributed by atoms with van der Waals surface area (Å²) in [6, 6.07) is 18.8. The van der Waals surface area contributed by atoms with Gasteiger partial charge in [0.1, 0.15) is 12.4 Å². The molecule has 1 aliphatic rings. The second-order valence-electron chi connectivity index (χ2n) is 9.73. The Morgan fingerprint density at radius 3 is 2.34 bits per heavy atom. The Kier molecular flexibility index (Phi) is 6.63. The van der Waals surface area contributed by atoms with Gasteiger partial charge in [-0.25, -0.2) is 4.98 Å². The van der Waals surface area contributed by atoms with Gasteiger partial charge in [0, 0.05) is 25.2 Å². The maximum Gasteiger partial charge on any atom is 0.293 e. The normalized spacial score (nSPS) is 15.0. The molecule has 0 spiro atoms.